The molecule has 0 bridgehead atoms. The number of aliphatic carboxylic acids is 1. The number of rotatable bonds is 41. The van der Waals surface area contributed by atoms with E-state index < -0.39 is 469 Å². The molecule has 11 saturated heterocycles. The molecule has 7 amide bonds. The minimum absolute atomic E-state index is 0.842. The van der Waals surface area contributed by atoms with Gasteiger partial charge in [0, 0.05) is 54.9 Å². The van der Waals surface area contributed by atoms with Gasteiger partial charge < -0.3 is 290 Å². The molecule has 66 nitrogen and oxygen atoms in total. The number of ether oxygens (including phenoxy) is 21. The molecule has 149 heavy (non-hydrogen) atoms. The lowest BCUT2D eigenvalue weighted by atomic mass is 9.88. The summed E-state index contributed by atoms with van der Waals surface area (Å²) in [7, 11) is 0. The van der Waals surface area contributed by atoms with Gasteiger partial charge >= 0.3 is 5.97 Å². The van der Waals surface area contributed by atoms with Crippen molar-refractivity contribution in [3.05, 3.63) is 0 Å². The van der Waals surface area contributed by atoms with Crippen LogP contribution in [-0.4, -0.2) is 616 Å². The number of carbonyl (C=O) groups is 8. The lowest BCUT2D eigenvalue weighted by Crippen LogP contribution is -2.71. The van der Waals surface area contributed by atoms with Crippen molar-refractivity contribution in [2.24, 2.45) is 0 Å². The van der Waals surface area contributed by atoms with Crippen molar-refractivity contribution >= 4 is 47.3 Å². The third-order valence-corrected chi connectivity index (χ3v) is 26.7. The van der Waals surface area contributed by atoms with Crippen LogP contribution in [0.2, 0.25) is 0 Å². The Balaban J connectivity index is 0.962. The van der Waals surface area contributed by atoms with Gasteiger partial charge in [0.05, 0.1) is 84.8 Å². The van der Waals surface area contributed by atoms with Crippen LogP contribution in [0.3, 0.4) is 0 Å². The SMILES string of the molecule is CC(=O)N[C@@H]1[C@H](O[C@@H]2[C@@H](O[C@@H]3[C@H](O)[C@H](O[C@H]4[C@H](O)[C@@H](NC(C)=O)[C@H](O[C@H]5[C@H](O)[C@@H](NC(C)=O)[C@H](O)O[C@@H]5CO)O[C@@H]4CO)O[C@H](CO[C@H]4O[C@H](CO[C@@H]5O[C@H](CO)[C@@H](O)[C@H](O)[C@H]5NC(C)=O)[C@@H](O)[C@H](O)[C@@H]4O[C@@H]4O[C@H](CO)[C@@H](O)[C@H](O)[C@H]4NC(C)=O)[C@H]3O)O[C@H](CO)[C@@H](O[C@@H]3O[C@H](CO)[C@@H](O[C@@H]4O[C@H](CO[C@]5(C(=O)O)C[C@H](O)[C@@H](NC(C)=O)[C@H]([C@H](O)[C@H](O)CO)O5)[C@H](O)[C@H](O)[C@H]4O)[C@H](O)[C@H]3NC(C)=O)[C@@H]2O)O[C@H](CO)[C@@H](O)[C@@H]1O. The van der Waals surface area contributed by atoms with Gasteiger partial charge in [0.25, 0.3) is 5.79 Å². The molecule has 11 aliphatic heterocycles. The number of carbonyl (C=O) groups excluding carboxylic acids is 7. The minimum atomic E-state index is -3.14. The first-order valence-corrected chi connectivity index (χ1v) is 47.2. The van der Waals surface area contributed by atoms with Gasteiger partial charge in [-0.3, -0.25) is 33.6 Å². The molecule has 11 fully saturated rings. The van der Waals surface area contributed by atoms with Crippen molar-refractivity contribution in [3.8, 4) is 0 Å². The standard InChI is InChI=1S/C83H137N7O59/c1-20(99)84-39-27(106)8-83(82(127)128,149-68(39)46(108)28(107)9-91)131-19-38-50(112)59(121)61(123)78(140-38)144-65-33(14-96)137-77(45(57(65)119)90-26(7)105)143-67-35(16-98)138-81(71(62(67)124)148-75-43(88-24(5)103)55(117)49(111)31(12-94)135-75)146-69-52(114)37(139-79(63(69)125)145-66-34(15-97)136-76(44(58(66)120)89-25(6)104)142-64-32(13-95)132-72(126)40(56(64)118)85-21(2)100)18-130-80-70(147-74-42(87-23(4)102)54(116)48(110)30(11-93)134-74)60(122)51(113)36(141-80)17-129-73-41(86-22(3)101)53(115)47(109)29(10-92)133-73/h27-81,91-98,106-126H,8-19H2,1-7H3,(H,84,99)(H,85,100)(H,86,101)(H,87,102)(H,88,103)(H,89,104)(H,90,105)(H,127,128)/t27-,28+,29+,30+,31+,32+,33+,34+,35+,36+,37+,38+,39+,40+,41+,42+,43-,44+,45+,46+,47+,48+,49+,50-,51+,52+,53+,54+,55+,56+,57+,58+,59-,60-,61+,62-,63-,64+,65+,66+,67+,68+,69-,70-,71-,72+,73+,74-,75-,76-,77-,78-,79-,80-,81+,83+/m0/s1. The number of aliphatic hydroxyl groups excluding tert-OH is 29. The molecule has 0 aliphatic carbocycles. The summed E-state index contributed by atoms with van der Waals surface area (Å²) >= 11 is 0. The second-order valence-electron chi connectivity index (χ2n) is 37.5. The highest BCUT2D eigenvalue weighted by Gasteiger charge is 2.64. The van der Waals surface area contributed by atoms with E-state index in [0.717, 1.165) is 48.5 Å². The molecule has 0 spiro atoms. The quantitative estimate of drug-likeness (QED) is 0.0270. The topological polar surface area (TPSA) is 1020 Å². The molecule has 11 rings (SSSR count). The van der Waals surface area contributed by atoms with Gasteiger partial charge in [-0.2, -0.15) is 0 Å². The second kappa shape index (κ2) is 53.7. The molecular formula is C83H137N7O59. The third kappa shape index (κ3) is 28.1. The molecule has 56 atom stereocenters. The summed E-state index contributed by atoms with van der Waals surface area (Å²) in [4.78, 5) is 103. The Labute approximate surface area is 843 Å². The first-order chi connectivity index (χ1) is 70.3. The average molecular weight is 2180 g/mol. The highest BCUT2D eigenvalue weighted by atomic mass is 16.8. The summed E-state index contributed by atoms with van der Waals surface area (Å²) in [5.41, 5.74) is 0. The number of hydrogen-bond acceptors (Lipinski definition) is 58. The zero-order valence-corrected chi connectivity index (χ0v) is 80.5. The van der Waals surface area contributed by atoms with E-state index in [1.165, 1.54) is 0 Å². The van der Waals surface area contributed by atoms with Crippen LogP contribution in [0.25, 0.3) is 0 Å². The average Bonchev–Trinajstić information content (AvgIpc) is 0.760. The molecule has 11 aliphatic rings. The van der Waals surface area contributed by atoms with Crippen LogP contribution < -0.4 is 37.2 Å². The Bertz CT molecular complexity index is 4300. The van der Waals surface area contributed by atoms with Crippen LogP contribution in [0.1, 0.15) is 54.9 Å². The largest absolute Gasteiger partial charge is 0.477 e. The third-order valence-electron chi connectivity index (χ3n) is 26.7. The molecule has 0 aromatic carbocycles. The van der Waals surface area contributed by atoms with E-state index in [9.17, 15) is 192 Å². The zero-order valence-electron chi connectivity index (χ0n) is 80.5. The molecule has 0 aromatic rings. The summed E-state index contributed by atoms with van der Waals surface area (Å²) in [6.07, 6.45) is -109. The van der Waals surface area contributed by atoms with Gasteiger partial charge in [-0.05, 0) is 0 Å². The molecule has 66 heteroatoms. The van der Waals surface area contributed by atoms with Crippen LogP contribution in [0, 0.1) is 0 Å². The van der Waals surface area contributed by atoms with E-state index in [4.69, 9.17) is 99.5 Å². The lowest BCUT2D eigenvalue weighted by Gasteiger charge is -2.52. The number of hydrogen-bond donors (Lipinski definition) is 37. The van der Waals surface area contributed by atoms with Crippen LogP contribution in [-0.2, 0) is 138 Å². The predicted octanol–water partition coefficient (Wildman–Crippen LogP) is -24.8. The Morgan fingerprint density at radius 1 is 0.275 bits per heavy atom. The maximum atomic E-state index is 13.4. The fourth-order valence-corrected chi connectivity index (χ4v) is 19.1. The predicted molar refractivity (Wildman–Crippen MR) is 461 cm³/mol. The van der Waals surface area contributed by atoms with Gasteiger partial charge in [-0.25, -0.2) is 4.79 Å². The van der Waals surface area contributed by atoms with Gasteiger partial charge in [-0.1, -0.05) is 0 Å². The van der Waals surface area contributed by atoms with Crippen molar-refractivity contribution < 1.29 is 291 Å². The smallest absolute Gasteiger partial charge is 0.364 e. The van der Waals surface area contributed by atoms with Crippen molar-refractivity contribution in [1.82, 2.24) is 37.2 Å². The highest BCUT2D eigenvalue weighted by molar-refractivity contribution is 5.77. The van der Waals surface area contributed by atoms with Crippen molar-refractivity contribution in [3.63, 3.8) is 0 Å². The van der Waals surface area contributed by atoms with Gasteiger partial charge in [-0.15, -0.1) is 0 Å². The normalized spacial score (nSPS) is 46.2. The number of aliphatic hydroxyl groups is 29. The Kier molecular flexibility index (Phi) is 44.3. The molecule has 0 unspecified atom stereocenters. The van der Waals surface area contributed by atoms with Crippen LogP contribution in [0.5, 0.6) is 0 Å². The van der Waals surface area contributed by atoms with Crippen molar-refractivity contribution in [1.29, 1.82) is 0 Å². The first-order valence-electron chi connectivity index (χ1n) is 47.2. The molecule has 0 aromatic heterocycles. The molecular weight excluding hydrogens is 2040 g/mol. The Morgan fingerprint density at radius 2 is 0.564 bits per heavy atom. The van der Waals surface area contributed by atoms with E-state index in [-0.39, 0.29) is 0 Å². The first kappa shape index (κ1) is 123. The van der Waals surface area contributed by atoms with Crippen LogP contribution in [0.15, 0.2) is 0 Å². The number of carboxylic acids is 1. The van der Waals surface area contributed by atoms with Gasteiger partial charge in [0.2, 0.25) is 41.4 Å². The molecule has 0 saturated carbocycles. The summed E-state index contributed by atoms with van der Waals surface area (Å²) in [6, 6.07) is -13.3. The van der Waals surface area contributed by atoms with E-state index in [1.807, 2.05) is 0 Å². The minimum Gasteiger partial charge on any atom is -0.477 e. The fourth-order valence-electron chi connectivity index (χ4n) is 19.1. The van der Waals surface area contributed by atoms with E-state index in [0.29, 0.717) is 0 Å². The zero-order chi connectivity index (χ0) is 110. The summed E-state index contributed by atoms with van der Waals surface area (Å²) in [5.74, 6) is -11.9. The number of amides is 7. The number of carboxylic acid groups (broad SMARTS) is 1. The van der Waals surface area contributed by atoms with Gasteiger partial charge in [0.1, 0.15) is 262 Å². The molecule has 11 heterocycles. The van der Waals surface area contributed by atoms with Crippen molar-refractivity contribution in [2.75, 3.05) is 72.7 Å². The summed E-state index contributed by atoms with van der Waals surface area (Å²) < 4.78 is 127. The maximum absolute atomic E-state index is 13.4. The van der Waals surface area contributed by atoms with Crippen LogP contribution >= 0.6 is 0 Å². The summed E-state index contributed by atoms with van der Waals surface area (Å²) in [6.45, 7) is -6.89. The second-order valence-corrected chi connectivity index (χ2v) is 37.5. The summed E-state index contributed by atoms with van der Waals surface area (Å²) in [5, 5.41) is 358. The van der Waals surface area contributed by atoms with E-state index in [1.54, 1.807) is 0 Å². The highest BCUT2D eigenvalue weighted by Crippen LogP contribution is 2.43. The molecule has 858 valence electrons. The van der Waals surface area contributed by atoms with Crippen LogP contribution in [0.4, 0.5) is 0 Å². The van der Waals surface area contributed by atoms with E-state index in [2.05, 4.69) is 37.2 Å². The lowest BCUT2D eigenvalue weighted by molar-refractivity contribution is -0.404. The fraction of sp³-hybridized carbons (Fsp3) is 0.904. The van der Waals surface area contributed by atoms with Crippen molar-refractivity contribution in [2.45, 2.75) is 398 Å². The van der Waals surface area contributed by atoms with E-state index >= 15 is 0 Å². The maximum Gasteiger partial charge on any atom is 0.364 e. The molecule has 37 N–H and O–H groups in total. The van der Waals surface area contributed by atoms with Gasteiger partial charge in [0.15, 0.2) is 62.9 Å². The monoisotopic (exact) mass is 2180 g/mol. The molecule has 0 radical (unpaired) electrons. The Hall–Kier alpha value is -6.24. The Morgan fingerprint density at radius 3 is 0.973 bits per heavy atom. The number of nitrogens with one attached hydrogen (secondary N) is 7.